The van der Waals surface area contributed by atoms with Crippen LogP contribution in [0.4, 0.5) is 16.4 Å². The molecule has 0 atom stereocenters. The number of urea groups is 1. The van der Waals surface area contributed by atoms with E-state index >= 15 is 0 Å². The molecule has 1 aliphatic rings. The van der Waals surface area contributed by atoms with Gasteiger partial charge in [0, 0.05) is 54.8 Å². The fourth-order valence-electron chi connectivity index (χ4n) is 3.87. The molecule has 1 fully saturated rings. The number of amides is 2. The SMILES string of the molecule is Cc1cc(C)nc(/N=C(\NC(=O)Nc2ccc(Cl)cc2)N2CCN(C/C=C/c3ccccc3)CC2)n1. The van der Waals surface area contributed by atoms with Crippen molar-refractivity contribution in [2.24, 2.45) is 4.99 Å². The van der Waals surface area contributed by atoms with Crippen molar-refractivity contribution >= 4 is 41.3 Å². The lowest BCUT2D eigenvalue weighted by Crippen LogP contribution is -2.54. The summed E-state index contributed by atoms with van der Waals surface area (Å²) in [6.45, 7) is 7.76. The minimum atomic E-state index is -0.395. The van der Waals surface area contributed by atoms with Crippen LogP contribution in [0.3, 0.4) is 0 Å². The van der Waals surface area contributed by atoms with Crippen LogP contribution in [0.25, 0.3) is 6.08 Å². The molecular formula is C27H30ClN7O. The number of aromatic nitrogens is 2. The molecule has 1 saturated heterocycles. The Hall–Kier alpha value is -3.75. The first-order valence-corrected chi connectivity index (χ1v) is 12.3. The van der Waals surface area contributed by atoms with E-state index in [2.05, 4.69) is 59.7 Å². The maximum Gasteiger partial charge on any atom is 0.326 e. The fraction of sp³-hybridized carbons (Fsp3) is 0.259. The number of halogens is 1. The van der Waals surface area contributed by atoms with Gasteiger partial charge in [-0.05, 0) is 49.7 Å². The maximum atomic E-state index is 12.8. The number of nitrogens with zero attached hydrogens (tertiary/aromatic N) is 5. The molecule has 0 radical (unpaired) electrons. The van der Waals surface area contributed by atoms with Gasteiger partial charge in [-0.15, -0.1) is 0 Å². The molecule has 0 bridgehead atoms. The van der Waals surface area contributed by atoms with Crippen molar-refractivity contribution in [3.63, 3.8) is 0 Å². The Bertz CT molecular complexity index is 1200. The lowest BCUT2D eigenvalue weighted by Gasteiger charge is -2.35. The first kappa shape index (κ1) is 25.3. The van der Waals surface area contributed by atoms with E-state index in [-0.39, 0.29) is 0 Å². The summed E-state index contributed by atoms with van der Waals surface area (Å²) in [6, 6.07) is 18.7. The van der Waals surface area contributed by atoms with E-state index in [1.54, 1.807) is 24.3 Å². The highest BCUT2D eigenvalue weighted by molar-refractivity contribution is 6.30. The van der Waals surface area contributed by atoms with E-state index in [0.29, 0.717) is 35.7 Å². The standard InChI is InChI=1S/C27H30ClN7O/c1-20-19-21(2)30-25(29-20)32-26(33-27(36)31-24-12-10-23(28)11-13-24)35-17-15-34(16-18-35)14-6-9-22-7-4-3-5-8-22/h3-13,19H,14-18H2,1-2H3,(H2,29,30,31,32,33,36)/b9-6+. The normalized spacial score (nSPS) is 14.8. The Kier molecular flexibility index (Phi) is 8.65. The Labute approximate surface area is 216 Å². The number of anilines is 1. The molecule has 2 heterocycles. The third-order valence-electron chi connectivity index (χ3n) is 5.65. The van der Waals surface area contributed by atoms with Crippen molar-refractivity contribution in [2.75, 3.05) is 38.0 Å². The topological polar surface area (TPSA) is 85.7 Å². The van der Waals surface area contributed by atoms with Gasteiger partial charge in [-0.3, -0.25) is 10.2 Å². The van der Waals surface area contributed by atoms with Crippen molar-refractivity contribution in [3.8, 4) is 0 Å². The van der Waals surface area contributed by atoms with Crippen molar-refractivity contribution in [2.45, 2.75) is 13.8 Å². The van der Waals surface area contributed by atoms with Crippen LogP contribution in [0.1, 0.15) is 17.0 Å². The van der Waals surface area contributed by atoms with Crippen molar-refractivity contribution in [1.29, 1.82) is 0 Å². The summed E-state index contributed by atoms with van der Waals surface area (Å²) >= 11 is 5.95. The lowest BCUT2D eigenvalue weighted by molar-refractivity contribution is 0.194. The molecule has 0 unspecified atom stereocenters. The van der Waals surface area contributed by atoms with Gasteiger partial charge in [-0.2, -0.15) is 4.99 Å². The molecule has 1 aliphatic heterocycles. The summed E-state index contributed by atoms with van der Waals surface area (Å²) in [4.78, 5) is 30.7. The highest BCUT2D eigenvalue weighted by atomic mass is 35.5. The summed E-state index contributed by atoms with van der Waals surface area (Å²) in [7, 11) is 0. The van der Waals surface area contributed by atoms with Crippen LogP contribution in [0.2, 0.25) is 5.02 Å². The molecule has 2 amide bonds. The lowest BCUT2D eigenvalue weighted by atomic mass is 10.2. The van der Waals surface area contributed by atoms with Gasteiger partial charge in [0.15, 0.2) is 0 Å². The van der Waals surface area contributed by atoms with Gasteiger partial charge in [-0.25, -0.2) is 14.8 Å². The molecule has 4 rings (SSSR count). The summed E-state index contributed by atoms with van der Waals surface area (Å²) < 4.78 is 0. The summed E-state index contributed by atoms with van der Waals surface area (Å²) in [5, 5.41) is 6.32. The second-order valence-corrected chi connectivity index (χ2v) is 9.01. The Morgan fingerprint density at radius 2 is 1.67 bits per heavy atom. The summed E-state index contributed by atoms with van der Waals surface area (Å²) in [5.41, 5.74) is 3.46. The second-order valence-electron chi connectivity index (χ2n) is 8.57. The second kappa shape index (κ2) is 12.3. The van der Waals surface area contributed by atoms with Crippen LogP contribution >= 0.6 is 11.6 Å². The first-order chi connectivity index (χ1) is 17.4. The number of nitrogens with one attached hydrogen (secondary N) is 2. The molecule has 8 nitrogen and oxygen atoms in total. The number of aliphatic imine (C=N–C) groups is 1. The zero-order valence-corrected chi connectivity index (χ0v) is 21.2. The van der Waals surface area contributed by atoms with Crippen LogP contribution in [0.15, 0.2) is 71.7 Å². The van der Waals surface area contributed by atoms with E-state index in [9.17, 15) is 4.79 Å². The van der Waals surface area contributed by atoms with Gasteiger partial charge < -0.3 is 10.2 Å². The van der Waals surface area contributed by atoms with E-state index in [1.165, 1.54) is 5.56 Å². The Morgan fingerprint density at radius 1 is 1.00 bits per heavy atom. The minimum Gasteiger partial charge on any atom is -0.340 e. The average Bonchev–Trinajstić information content (AvgIpc) is 2.86. The maximum absolute atomic E-state index is 12.8. The van der Waals surface area contributed by atoms with Gasteiger partial charge in [0.1, 0.15) is 0 Å². The molecule has 2 aromatic carbocycles. The zero-order valence-electron chi connectivity index (χ0n) is 20.5. The minimum absolute atomic E-state index is 0.322. The van der Waals surface area contributed by atoms with Crippen molar-refractivity contribution in [1.82, 2.24) is 25.1 Å². The molecule has 0 saturated carbocycles. The number of rotatable bonds is 5. The summed E-state index contributed by atoms with van der Waals surface area (Å²) in [6.07, 6.45) is 4.32. The molecule has 186 valence electrons. The molecule has 9 heteroatoms. The van der Waals surface area contributed by atoms with E-state index in [4.69, 9.17) is 11.6 Å². The Morgan fingerprint density at radius 3 is 2.33 bits per heavy atom. The number of hydrogen-bond acceptors (Lipinski definition) is 5. The molecule has 1 aromatic heterocycles. The number of aryl methyl sites for hydroxylation is 2. The predicted molar refractivity (Wildman–Crippen MR) is 146 cm³/mol. The van der Waals surface area contributed by atoms with Gasteiger partial charge in [0.05, 0.1) is 0 Å². The average molecular weight is 504 g/mol. The number of piperazine rings is 1. The highest BCUT2D eigenvalue weighted by Crippen LogP contribution is 2.14. The van der Waals surface area contributed by atoms with Crippen LogP contribution in [-0.4, -0.2) is 64.5 Å². The number of guanidine groups is 1. The summed E-state index contributed by atoms with van der Waals surface area (Å²) in [5.74, 6) is 0.744. The predicted octanol–water partition coefficient (Wildman–Crippen LogP) is 4.89. The highest BCUT2D eigenvalue weighted by Gasteiger charge is 2.21. The molecule has 0 aliphatic carbocycles. The van der Waals surface area contributed by atoms with Crippen molar-refractivity contribution in [3.05, 3.63) is 88.7 Å². The smallest absolute Gasteiger partial charge is 0.326 e. The fourth-order valence-corrected chi connectivity index (χ4v) is 4.00. The van der Waals surface area contributed by atoms with E-state index < -0.39 is 6.03 Å². The van der Waals surface area contributed by atoms with Crippen LogP contribution in [-0.2, 0) is 0 Å². The number of hydrogen-bond donors (Lipinski definition) is 2. The van der Waals surface area contributed by atoms with E-state index in [0.717, 1.165) is 31.0 Å². The number of benzene rings is 2. The van der Waals surface area contributed by atoms with Crippen molar-refractivity contribution < 1.29 is 4.79 Å². The molecule has 2 N–H and O–H groups in total. The van der Waals surface area contributed by atoms with Gasteiger partial charge in [0.2, 0.25) is 5.96 Å². The van der Waals surface area contributed by atoms with Crippen LogP contribution in [0, 0.1) is 13.8 Å². The number of carbonyl (C=O) groups is 1. The van der Waals surface area contributed by atoms with Crippen LogP contribution in [0.5, 0.6) is 0 Å². The first-order valence-electron chi connectivity index (χ1n) is 11.9. The van der Waals surface area contributed by atoms with Gasteiger partial charge in [0.25, 0.3) is 5.95 Å². The molecular weight excluding hydrogens is 474 g/mol. The third kappa shape index (κ3) is 7.63. The van der Waals surface area contributed by atoms with Crippen LogP contribution < -0.4 is 10.6 Å². The van der Waals surface area contributed by atoms with E-state index in [1.807, 2.05) is 38.1 Å². The zero-order chi connectivity index (χ0) is 25.3. The molecule has 0 spiro atoms. The quantitative estimate of drug-likeness (QED) is 0.382. The Balaban J connectivity index is 1.42. The monoisotopic (exact) mass is 503 g/mol. The third-order valence-corrected chi connectivity index (χ3v) is 5.90. The number of carbonyl (C=O) groups excluding carboxylic acids is 1. The van der Waals surface area contributed by atoms with Gasteiger partial charge >= 0.3 is 6.03 Å². The molecule has 36 heavy (non-hydrogen) atoms. The van der Waals surface area contributed by atoms with Gasteiger partial charge in [-0.1, -0.05) is 54.1 Å². The largest absolute Gasteiger partial charge is 0.340 e. The molecule has 3 aromatic rings.